The first-order valence-corrected chi connectivity index (χ1v) is 7.76. The summed E-state index contributed by atoms with van der Waals surface area (Å²) in [4.78, 5) is 2.50. The zero-order valence-corrected chi connectivity index (χ0v) is 13.0. The van der Waals surface area contributed by atoms with E-state index in [1.807, 2.05) is 38.1 Å². The molecule has 1 aliphatic rings. The van der Waals surface area contributed by atoms with Crippen molar-refractivity contribution in [1.82, 2.24) is 4.90 Å². The fourth-order valence-corrected chi connectivity index (χ4v) is 2.70. The lowest BCUT2D eigenvalue weighted by Crippen LogP contribution is -2.37. The summed E-state index contributed by atoms with van der Waals surface area (Å²) >= 11 is 0. The van der Waals surface area contributed by atoms with E-state index in [4.69, 9.17) is 9.47 Å². The van der Waals surface area contributed by atoms with Crippen LogP contribution in [0.1, 0.15) is 33.6 Å². The highest BCUT2D eigenvalue weighted by Crippen LogP contribution is 2.27. The molecule has 1 aromatic carbocycles. The van der Waals surface area contributed by atoms with Gasteiger partial charge in [-0.05, 0) is 51.3 Å². The first kappa shape index (κ1) is 15.2. The highest BCUT2D eigenvalue weighted by molar-refractivity contribution is 5.39. The van der Waals surface area contributed by atoms with Gasteiger partial charge in [-0.3, -0.25) is 4.90 Å². The van der Waals surface area contributed by atoms with Crippen LogP contribution >= 0.6 is 0 Å². The zero-order chi connectivity index (χ0) is 14.4. The van der Waals surface area contributed by atoms with Gasteiger partial charge >= 0.3 is 0 Å². The third-order valence-corrected chi connectivity index (χ3v) is 3.62. The number of benzene rings is 1. The van der Waals surface area contributed by atoms with Crippen molar-refractivity contribution in [3.05, 3.63) is 24.3 Å². The maximum atomic E-state index is 5.91. The minimum Gasteiger partial charge on any atom is -0.488 e. The Hall–Kier alpha value is -1.22. The molecule has 0 aliphatic carbocycles. The quantitative estimate of drug-likeness (QED) is 0.793. The summed E-state index contributed by atoms with van der Waals surface area (Å²) in [5.74, 6) is 2.51. The summed E-state index contributed by atoms with van der Waals surface area (Å²) in [6.45, 7) is 10.5. The maximum absolute atomic E-state index is 5.91. The number of hydrogen-bond donors (Lipinski definition) is 0. The molecule has 3 nitrogen and oxygen atoms in total. The Labute approximate surface area is 122 Å². The van der Waals surface area contributed by atoms with Crippen LogP contribution in [0.5, 0.6) is 11.5 Å². The van der Waals surface area contributed by atoms with Crippen LogP contribution in [0.15, 0.2) is 24.3 Å². The van der Waals surface area contributed by atoms with Gasteiger partial charge in [0, 0.05) is 13.1 Å². The molecule has 0 unspecified atom stereocenters. The largest absolute Gasteiger partial charge is 0.488 e. The molecule has 1 fully saturated rings. The Bertz CT molecular complexity index is 406. The van der Waals surface area contributed by atoms with Crippen LogP contribution in [0.2, 0.25) is 0 Å². The molecule has 0 N–H and O–H groups in total. The summed E-state index contributed by atoms with van der Waals surface area (Å²) in [7, 11) is 0. The van der Waals surface area contributed by atoms with Crippen molar-refractivity contribution in [2.45, 2.75) is 39.7 Å². The van der Waals surface area contributed by atoms with Gasteiger partial charge in [0.1, 0.15) is 6.61 Å². The molecule has 112 valence electrons. The average molecular weight is 277 g/mol. The molecule has 0 spiro atoms. The Morgan fingerprint density at radius 3 is 2.70 bits per heavy atom. The summed E-state index contributed by atoms with van der Waals surface area (Å²) in [5.41, 5.74) is 0. The number of piperidine rings is 1. The highest BCUT2D eigenvalue weighted by atomic mass is 16.5. The lowest BCUT2D eigenvalue weighted by atomic mass is 10.0. The molecular weight excluding hydrogens is 250 g/mol. The SMILES string of the molecule is CC(C)Oc1ccccc1OCCN1CCC[C@H](C)C1. The molecular formula is C17H27NO2. The van der Waals surface area contributed by atoms with Gasteiger partial charge in [-0.1, -0.05) is 19.1 Å². The second-order valence-electron chi connectivity index (χ2n) is 6.01. The molecule has 1 saturated heterocycles. The van der Waals surface area contributed by atoms with Crippen LogP contribution in [-0.2, 0) is 0 Å². The second kappa shape index (κ2) is 7.53. The van der Waals surface area contributed by atoms with E-state index >= 15 is 0 Å². The van der Waals surface area contributed by atoms with Gasteiger partial charge in [-0.25, -0.2) is 0 Å². The van der Waals surface area contributed by atoms with E-state index in [1.54, 1.807) is 0 Å². The van der Waals surface area contributed by atoms with E-state index in [2.05, 4.69) is 11.8 Å². The summed E-state index contributed by atoms with van der Waals surface area (Å²) in [5, 5.41) is 0. The van der Waals surface area contributed by atoms with E-state index in [0.29, 0.717) is 0 Å². The summed E-state index contributed by atoms with van der Waals surface area (Å²) in [6.07, 6.45) is 2.85. The van der Waals surface area contributed by atoms with E-state index in [-0.39, 0.29) is 6.10 Å². The smallest absolute Gasteiger partial charge is 0.161 e. The van der Waals surface area contributed by atoms with Crippen LogP contribution in [0, 0.1) is 5.92 Å². The monoisotopic (exact) mass is 277 g/mol. The number of rotatable bonds is 6. The summed E-state index contributed by atoms with van der Waals surface area (Å²) in [6, 6.07) is 7.93. The molecule has 2 rings (SSSR count). The summed E-state index contributed by atoms with van der Waals surface area (Å²) < 4.78 is 11.7. The van der Waals surface area contributed by atoms with Crippen LogP contribution in [0.3, 0.4) is 0 Å². The van der Waals surface area contributed by atoms with Gasteiger partial charge in [0.15, 0.2) is 11.5 Å². The van der Waals surface area contributed by atoms with Crippen molar-refractivity contribution < 1.29 is 9.47 Å². The molecule has 0 radical (unpaired) electrons. The molecule has 1 aliphatic heterocycles. The number of likely N-dealkylation sites (tertiary alicyclic amines) is 1. The molecule has 1 aromatic rings. The van der Waals surface area contributed by atoms with Gasteiger partial charge in [0.05, 0.1) is 6.10 Å². The van der Waals surface area contributed by atoms with E-state index in [9.17, 15) is 0 Å². The van der Waals surface area contributed by atoms with Gasteiger partial charge in [-0.2, -0.15) is 0 Å². The Morgan fingerprint density at radius 1 is 1.25 bits per heavy atom. The fraction of sp³-hybridized carbons (Fsp3) is 0.647. The van der Waals surface area contributed by atoms with Crippen molar-refractivity contribution in [3.63, 3.8) is 0 Å². The number of nitrogens with zero attached hydrogens (tertiary/aromatic N) is 1. The minimum atomic E-state index is 0.169. The fourth-order valence-electron chi connectivity index (χ4n) is 2.70. The van der Waals surface area contributed by atoms with Crippen molar-refractivity contribution in [3.8, 4) is 11.5 Å². The van der Waals surface area contributed by atoms with Gasteiger partial charge in [-0.15, -0.1) is 0 Å². The van der Waals surface area contributed by atoms with Crippen molar-refractivity contribution in [2.75, 3.05) is 26.2 Å². The average Bonchev–Trinajstić information content (AvgIpc) is 2.40. The van der Waals surface area contributed by atoms with Crippen LogP contribution < -0.4 is 9.47 Å². The van der Waals surface area contributed by atoms with E-state index in [0.717, 1.165) is 30.6 Å². The van der Waals surface area contributed by atoms with Crippen molar-refractivity contribution in [2.24, 2.45) is 5.92 Å². The van der Waals surface area contributed by atoms with Gasteiger partial charge in [0.2, 0.25) is 0 Å². The lowest BCUT2D eigenvalue weighted by molar-refractivity contribution is 0.149. The van der Waals surface area contributed by atoms with Crippen molar-refractivity contribution >= 4 is 0 Å². The first-order valence-electron chi connectivity index (χ1n) is 7.76. The lowest BCUT2D eigenvalue weighted by Gasteiger charge is -2.30. The molecule has 1 heterocycles. The molecule has 3 heteroatoms. The topological polar surface area (TPSA) is 21.7 Å². The Morgan fingerprint density at radius 2 is 2.00 bits per heavy atom. The molecule has 1 atom stereocenters. The van der Waals surface area contributed by atoms with Crippen LogP contribution in [0.25, 0.3) is 0 Å². The van der Waals surface area contributed by atoms with Crippen LogP contribution in [-0.4, -0.2) is 37.2 Å². The van der Waals surface area contributed by atoms with E-state index < -0.39 is 0 Å². The van der Waals surface area contributed by atoms with Crippen molar-refractivity contribution in [1.29, 1.82) is 0 Å². The third-order valence-electron chi connectivity index (χ3n) is 3.62. The molecule has 0 amide bonds. The maximum Gasteiger partial charge on any atom is 0.161 e. The third kappa shape index (κ3) is 4.71. The first-order chi connectivity index (χ1) is 9.65. The minimum absolute atomic E-state index is 0.169. The highest BCUT2D eigenvalue weighted by Gasteiger charge is 2.16. The number of hydrogen-bond acceptors (Lipinski definition) is 3. The normalized spacial score (nSPS) is 20.1. The standard InChI is InChI=1S/C17H27NO2/c1-14(2)20-17-9-5-4-8-16(17)19-12-11-18-10-6-7-15(3)13-18/h4-5,8-9,14-15H,6-7,10-13H2,1-3H3/t15-/m0/s1. The zero-order valence-electron chi connectivity index (χ0n) is 13.0. The molecule has 0 saturated carbocycles. The number of para-hydroxylation sites is 2. The Kier molecular flexibility index (Phi) is 5.72. The van der Waals surface area contributed by atoms with Gasteiger partial charge < -0.3 is 9.47 Å². The molecule has 0 bridgehead atoms. The van der Waals surface area contributed by atoms with E-state index in [1.165, 1.54) is 25.9 Å². The predicted octanol–water partition coefficient (Wildman–Crippen LogP) is 3.58. The number of ether oxygens (including phenoxy) is 2. The van der Waals surface area contributed by atoms with Crippen LogP contribution in [0.4, 0.5) is 0 Å². The second-order valence-corrected chi connectivity index (χ2v) is 6.01. The predicted molar refractivity (Wildman–Crippen MR) is 82.5 cm³/mol. The van der Waals surface area contributed by atoms with Gasteiger partial charge in [0.25, 0.3) is 0 Å². The molecule has 20 heavy (non-hydrogen) atoms. The molecule has 0 aromatic heterocycles. The Balaban J connectivity index is 1.81.